The molecule has 0 aliphatic rings. The van der Waals surface area contributed by atoms with Crippen molar-refractivity contribution in [2.24, 2.45) is 0 Å². The fourth-order valence-corrected chi connectivity index (χ4v) is 3.09. The van der Waals surface area contributed by atoms with Crippen LogP contribution in [0.25, 0.3) is 0 Å². The van der Waals surface area contributed by atoms with E-state index in [1.165, 1.54) is 25.3 Å². The van der Waals surface area contributed by atoms with Crippen LogP contribution >= 0.6 is 11.6 Å². The van der Waals surface area contributed by atoms with Gasteiger partial charge < -0.3 is 9.47 Å². The van der Waals surface area contributed by atoms with Crippen LogP contribution in [0.4, 0.5) is 5.69 Å². The number of methoxy groups -OCH3 is 1. The number of carbonyl (C=O) groups is 1. The molecule has 0 aromatic heterocycles. The van der Waals surface area contributed by atoms with Crippen molar-refractivity contribution < 1.29 is 19.2 Å². The van der Waals surface area contributed by atoms with Gasteiger partial charge in [-0.15, -0.1) is 0 Å². The molecule has 0 radical (unpaired) electrons. The van der Waals surface area contributed by atoms with Gasteiger partial charge in [-0.3, -0.25) is 14.9 Å². The average Bonchev–Trinajstić information content (AvgIpc) is 2.60. The number of halogens is 1. The molecule has 0 amide bonds. The maximum absolute atomic E-state index is 12.7. The van der Waals surface area contributed by atoms with Crippen molar-refractivity contribution in [2.45, 2.75) is 19.3 Å². The van der Waals surface area contributed by atoms with Crippen molar-refractivity contribution in [1.82, 2.24) is 0 Å². The molecule has 0 aliphatic heterocycles. The summed E-state index contributed by atoms with van der Waals surface area (Å²) in [4.78, 5) is 23.7. The van der Waals surface area contributed by atoms with Crippen molar-refractivity contribution in [1.29, 1.82) is 0 Å². The minimum absolute atomic E-state index is 0.156. The fourth-order valence-electron chi connectivity index (χ4n) is 2.77. The number of nitro benzene ring substituents is 1. The quantitative estimate of drug-likeness (QED) is 0.438. The van der Waals surface area contributed by atoms with Gasteiger partial charge >= 0.3 is 5.97 Å². The molecular formula is C18H18ClNO5. The molecule has 1 unspecified atom stereocenters. The normalized spacial score (nSPS) is 13.0. The smallest absolute Gasteiger partial charge is 0.320 e. The molecule has 132 valence electrons. The number of ether oxygens (including phenoxy) is 2. The fraction of sp³-hybridized carbons (Fsp3) is 0.278. The first-order valence-electron chi connectivity index (χ1n) is 7.61. The minimum Gasteiger partial charge on any atom is -0.494 e. The van der Waals surface area contributed by atoms with E-state index >= 15 is 0 Å². The summed E-state index contributed by atoms with van der Waals surface area (Å²) in [6.07, 6.45) is 0. The molecule has 0 aliphatic carbocycles. The van der Waals surface area contributed by atoms with E-state index in [2.05, 4.69) is 0 Å². The Balaban J connectivity index is 2.82. The molecule has 0 saturated carbocycles. The minimum atomic E-state index is -1.47. The van der Waals surface area contributed by atoms with Gasteiger partial charge in [-0.2, -0.15) is 0 Å². The van der Waals surface area contributed by atoms with Crippen LogP contribution < -0.4 is 4.74 Å². The van der Waals surface area contributed by atoms with Crippen molar-refractivity contribution in [3.05, 3.63) is 68.7 Å². The van der Waals surface area contributed by atoms with Gasteiger partial charge in [-0.05, 0) is 37.6 Å². The van der Waals surface area contributed by atoms with Crippen molar-refractivity contribution >= 4 is 23.3 Å². The predicted octanol–water partition coefficient (Wildman–Crippen LogP) is 4.13. The van der Waals surface area contributed by atoms with Gasteiger partial charge in [0, 0.05) is 11.1 Å². The Bertz CT molecular complexity index is 808. The highest BCUT2D eigenvalue weighted by molar-refractivity contribution is 6.31. The van der Waals surface area contributed by atoms with Crippen LogP contribution in [0.5, 0.6) is 5.75 Å². The number of esters is 1. The van der Waals surface area contributed by atoms with Crippen molar-refractivity contribution in [3.63, 3.8) is 0 Å². The Kier molecular flexibility index (Phi) is 5.64. The van der Waals surface area contributed by atoms with E-state index in [9.17, 15) is 14.9 Å². The molecule has 0 N–H and O–H groups in total. The van der Waals surface area contributed by atoms with Crippen LogP contribution in [0, 0.1) is 10.1 Å². The Hall–Kier alpha value is -2.60. The molecule has 2 aromatic carbocycles. The summed E-state index contributed by atoms with van der Waals surface area (Å²) in [7, 11) is 1.23. The van der Waals surface area contributed by atoms with E-state index in [0.29, 0.717) is 22.9 Å². The highest BCUT2D eigenvalue weighted by Crippen LogP contribution is 2.42. The molecule has 1 atom stereocenters. The zero-order valence-corrected chi connectivity index (χ0v) is 14.9. The number of carbonyl (C=O) groups excluding carboxylic acids is 1. The molecule has 0 spiro atoms. The van der Waals surface area contributed by atoms with Crippen LogP contribution in [0.2, 0.25) is 5.02 Å². The lowest BCUT2D eigenvalue weighted by Crippen LogP contribution is -2.36. The molecule has 0 heterocycles. The molecule has 7 heteroatoms. The first-order valence-corrected chi connectivity index (χ1v) is 7.99. The molecule has 0 bridgehead atoms. The first-order chi connectivity index (χ1) is 11.9. The summed E-state index contributed by atoms with van der Waals surface area (Å²) in [5.41, 5.74) is -1.11. The van der Waals surface area contributed by atoms with Gasteiger partial charge in [0.25, 0.3) is 5.69 Å². The van der Waals surface area contributed by atoms with Crippen LogP contribution in [-0.4, -0.2) is 24.6 Å². The van der Waals surface area contributed by atoms with Crippen molar-refractivity contribution in [3.8, 4) is 5.75 Å². The molecule has 2 rings (SSSR count). The van der Waals surface area contributed by atoms with E-state index < -0.39 is 16.3 Å². The van der Waals surface area contributed by atoms with Crippen LogP contribution in [-0.2, 0) is 14.9 Å². The molecule has 0 saturated heterocycles. The van der Waals surface area contributed by atoms with E-state index in [4.69, 9.17) is 21.1 Å². The number of nitrogens with zero attached hydrogens (tertiary/aromatic N) is 1. The molecular weight excluding hydrogens is 346 g/mol. The Labute approximate surface area is 150 Å². The summed E-state index contributed by atoms with van der Waals surface area (Å²) < 4.78 is 10.4. The number of hydrogen-bond donors (Lipinski definition) is 0. The van der Waals surface area contributed by atoms with E-state index in [1.54, 1.807) is 38.1 Å². The first kappa shape index (κ1) is 18.7. The van der Waals surface area contributed by atoms with E-state index in [0.717, 1.165) is 0 Å². The van der Waals surface area contributed by atoms with Crippen molar-refractivity contribution in [2.75, 3.05) is 13.7 Å². The maximum atomic E-state index is 12.7. The van der Waals surface area contributed by atoms with Gasteiger partial charge in [0.2, 0.25) is 0 Å². The second-order valence-electron chi connectivity index (χ2n) is 5.47. The lowest BCUT2D eigenvalue weighted by atomic mass is 9.75. The SMILES string of the molecule is CCOc1ccc([N+](=O)[O-])c(C(C)(C(=O)OC)c2ccccc2Cl)c1. The van der Waals surface area contributed by atoms with Crippen LogP contribution in [0.1, 0.15) is 25.0 Å². The third-order valence-electron chi connectivity index (χ3n) is 4.02. The van der Waals surface area contributed by atoms with Crippen LogP contribution in [0.3, 0.4) is 0 Å². The molecule has 6 nitrogen and oxygen atoms in total. The third kappa shape index (κ3) is 3.44. The Morgan fingerprint density at radius 2 is 1.92 bits per heavy atom. The maximum Gasteiger partial charge on any atom is 0.320 e. The molecule has 2 aromatic rings. The highest BCUT2D eigenvalue weighted by atomic mass is 35.5. The Morgan fingerprint density at radius 3 is 2.48 bits per heavy atom. The second-order valence-corrected chi connectivity index (χ2v) is 5.87. The zero-order valence-electron chi connectivity index (χ0n) is 14.1. The largest absolute Gasteiger partial charge is 0.494 e. The summed E-state index contributed by atoms with van der Waals surface area (Å²) in [6.45, 7) is 3.74. The zero-order chi connectivity index (χ0) is 18.6. The van der Waals surface area contributed by atoms with Gasteiger partial charge in [0.15, 0.2) is 0 Å². The third-order valence-corrected chi connectivity index (χ3v) is 4.35. The van der Waals surface area contributed by atoms with E-state index in [-0.39, 0.29) is 11.3 Å². The predicted molar refractivity (Wildman–Crippen MR) is 94.2 cm³/mol. The van der Waals surface area contributed by atoms with Gasteiger partial charge in [-0.25, -0.2) is 0 Å². The number of nitro groups is 1. The highest BCUT2D eigenvalue weighted by Gasteiger charge is 2.44. The standard InChI is InChI=1S/C18H18ClNO5/c1-4-25-12-9-10-16(20(22)23)14(11-12)18(2,17(21)24-3)13-7-5-6-8-15(13)19/h5-11H,4H2,1-3H3. The number of hydrogen-bond acceptors (Lipinski definition) is 5. The monoisotopic (exact) mass is 363 g/mol. The summed E-state index contributed by atoms with van der Waals surface area (Å²) in [6, 6.07) is 11.0. The van der Waals surface area contributed by atoms with Crippen LogP contribution in [0.15, 0.2) is 42.5 Å². The second kappa shape index (κ2) is 7.53. The lowest BCUT2D eigenvalue weighted by Gasteiger charge is -2.28. The topological polar surface area (TPSA) is 78.7 Å². The molecule has 25 heavy (non-hydrogen) atoms. The van der Waals surface area contributed by atoms with Gasteiger partial charge in [0.1, 0.15) is 11.2 Å². The van der Waals surface area contributed by atoms with Gasteiger partial charge in [0.05, 0.1) is 24.2 Å². The number of benzene rings is 2. The van der Waals surface area contributed by atoms with E-state index in [1.807, 2.05) is 0 Å². The molecule has 0 fully saturated rings. The summed E-state index contributed by atoms with van der Waals surface area (Å²) in [5, 5.41) is 11.9. The van der Waals surface area contributed by atoms with Gasteiger partial charge in [-0.1, -0.05) is 29.8 Å². The average molecular weight is 364 g/mol. The summed E-state index contributed by atoms with van der Waals surface area (Å²) >= 11 is 6.28. The lowest BCUT2D eigenvalue weighted by molar-refractivity contribution is -0.385. The Morgan fingerprint density at radius 1 is 1.24 bits per heavy atom. The summed E-state index contributed by atoms with van der Waals surface area (Å²) in [5.74, 6) is -0.234. The number of rotatable bonds is 6.